The number of amides is 1. The summed E-state index contributed by atoms with van der Waals surface area (Å²) in [6, 6.07) is 10.9. The van der Waals surface area contributed by atoms with Gasteiger partial charge in [0.1, 0.15) is 0 Å². The highest BCUT2D eigenvalue weighted by Crippen LogP contribution is 2.20. The van der Waals surface area contributed by atoms with Gasteiger partial charge in [-0.15, -0.1) is 0 Å². The molecule has 0 fully saturated rings. The molecule has 0 radical (unpaired) electrons. The molecule has 2 rings (SSSR count). The molecule has 2 aromatic rings. The van der Waals surface area contributed by atoms with Crippen LogP contribution in [0.3, 0.4) is 0 Å². The summed E-state index contributed by atoms with van der Waals surface area (Å²) in [4.78, 5) is 11.0. The Labute approximate surface area is 98.7 Å². The van der Waals surface area contributed by atoms with Gasteiger partial charge in [-0.25, -0.2) is 0 Å². The van der Waals surface area contributed by atoms with Gasteiger partial charge in [0.05, 0.1) is 12.4 Å². The largest absolute Gasteiger partial charge is 0.459 e. The third-order valence-corrected chi connectivity index (χ3v) is 2.57. The van der Waals surface area contributed by atoms with Crippen LogP contribution >= 0.6 is 0 Å². The van der Waals surface area contributed by atoms with Crippen molar-refractivity contribution in [3.05, 3.63) is 59.5 Å². The number of nitrogens with two attached hydrogens (primary N) is 1. The van der Waals surface area contributed by atoms with Crippen LogP contribution in [0.1, 0.15) is 27.8 Å². The zero-order valence-electron chi connectivity index (χ0n) is 9.17. The van der Waals surface area contributed by atoms with E-state index in [2.05, 4.69) is 0 Å². The van der Waals surface area contributed by atoms with Crippen LogP contribution in [0.5, 0.6) is 0 Å². The van der Waals surface area contributed by atoms with Crippen LogP contribution in [-0.2, 0) is 6.42 Å². The van der Waals surface area contributed by atoms with E-state index in [1.807, 2.05) is 30.3 Å². The maximum atomic E-state index is 11.0. The molecule has 17 heavy (non-hydrogen) atoms. The summed E-state index contributed by atoms with van der Waals surface area (Å²) in [5, 5.41) is 10.0. The van der Waals surface area contributed by atoms with Gasteiger partial charge in [-0.2, -0.15) is 0 Å². The zero-order valence-corrected chi connectivity index (χ0v) is 9.17. The topological polar surface area (TPSA) is 76.5 Å². The lowest BCUT2D eigenvalue weighted by molar-refractivity contribution is 0.0971. The summed E-state index contributed by atoms with van der Waals surface area (Å²) in [6.07, 6.45) is 1.03. The SMILES string of the molecule is NC(=O)c1occc1CC(O)c1ccccc1. The van der Waals surface area contributed by atoms with Crippen molar-refractivity contribution in [2.75, 3.05) is 0 Å². The van der Waals surface area contributed by atoms with E-state index >= 15 is 0 Å². The predicted octanol–water partition coefficient (Wildman–Crippen LogP) is 1.65. The van der Waals surface area contributed by atoms with Gasteiger partial charge in [-0.3, -0.25) is 4.79 Å². The fraction of sp³-hybridized carbons (Fsp3) is 0.154. The number of rotatable bonds is 4. The van der Waals surface area contributed by atoms with Crippen LogP contribution in [0.4, 0.5) is 0 Å². The van der Waals surface area contributed by atoms with E-state index in [1.54, 1.807) is 6.07 Å². The number of hydrogen-bond donors (Lipinski definition) is 2. The Kier molecular flexibility index (Phi) is 3.25. The van der Waals surface area contributed by atoms with Crippen molar-refractivity contribution >= 4 is 5.91 Å². The highest BCUT2D eigenvalue weighted by atomic mass is 16.3. The number of hydrogen-bond acceptors (Lipinski definition) is 3. The van der Waals surface area contributed by atoms with Gasteiger partial charge in [0, 0.05) is 12.0 Å². The average molecular weight is 231 g/mol. The normalized spacial score (nSPS) is 12.3. The van der Waals surface area contributed by atoms with Gasteiger partial charge < -0.3 is 15.3 Å². The monoisotopic (exact) mass is 231 g/mol. The molecular formula is C13H13NO3. The highest BCUT2D eigenvalue weighted by molar-refractivity contribution is 5.91. The van der Waals surface area contributed by atoms with E-state index in [4.69, 9.17) is 10.2 Å². The summed E-state index contributed by atoms with van der Waals surface area (Å²) in [5.74, 6) is -0.509. The Morgan fingerprint density at radius 3 is 2.65 bits per heavy atom. The van der Waals surface area contributed by atoms with Crippen LogP contribution in [0.15, 0.2) is 47.1 Å². The molecular weight excluding hydrogens is 218 g/mol. The Bertz CT molecular complexity index is 504. The van der Waals surface area contributed by atoms with Crippen LogP contribution in [0.2, 0.25) is 0 Å². The van der Waals surface area contributed by atoms with Crippen molar-refractivity contribution < 1.29 is 14.3 Å². The van der Waals surface area contributed by atoms with E-state index in [-0.39, 0.29) is 5.76 Å². The number of aliphatic hydroxyl groups excluding tert-OH is 1. The van der Waals surface area contributed by atoms with E-state index < -0.39 is 12.0 Å². The van der Waals surface area contributed by atoms with Crippen LogP contribution in [0.25, 0.3) is 0 Å². The quantitative estimate of drug-likeness (QED) is 0.840. The summed E-state index contributed by atoms with van der Waals surface area (Å²) < 4.78 is 4.98. The molecule has 4 heteroatoms. The first kappa shape index (κ1) is 11.4. The van der Waals surface area contributed by atoms with Crippen LogP contribution in [-0.4, -0.2) is 11.0 Å². The van der Waals surface area contributed by atoms with E-state index in [0.29, 0.717) is 12.0 Å². The molecule has 1 aromatic heterocycles. The molecule has 4 nitrogen and oxygen atoms in total. The van der Waals surface area contributed by atoms with Gasteiger partial charge in [0.15, 0.2) is 5.76 Å². The van der Waals surface area contributed by atoms with Crippen molar-refractivity contribution in [1.82, 2.24) is 0 Å². The molecule has 0 aliphatic heterocycles. The molecule has 0 aliphatic rings. The molecule has 0 aliphatic carbocycles. The second-order valence-corrected chi connectivity index (χ2v) is 3.77. The van der Waals surface area contributed by atoms with Gasteiger partial charge >= 0.3 is 0 Å². The molecule has 3 N–H and O–H groups in total. The van der Waals surface area contributed by atoms with Gasteiger partial charge in [-0.1, -0.05) is 30.3 Å². The number of primary amides is 1. The standard InChI is InChI=1S/C13H13NO3/c14-13(16)12-10(6-7-17-12)8-11(15)9-4-2-1-3-5-9/h1-7,11,15H,8H2,(H2,14,16). The molecule has 0 bridgehead atoms. The van der Waals surface area contributed by atoms with Crippen molar-refractivity contribution in [3.8, 4) is 0 Å². The summed E-state index contributed by atoms with van der Waals surface area (Å²) in [7, 11) is 0. The Hall–Kier alpha value is -2.07. The van der Waals surface area contributed by atoms with Crippen LogP contribution in [0, 0.1) is 0 Å². The minimum atomic E-state index is -0.674. The maximum Gasteiger partial charge on any atom is 0.284 e. The molecule has 1 atom stereocenters. The van der Waals surface area contributed by atoms with E-state index in [0.717, 1.165) is 5.56 Å². The summed E-state index contributed by atoms with van der Waals surface area (Å²) in [6.45, 7) is 0. The fourth-order valence-corrected chi connectivity index (χ4v) is 1.71. The smallest absolute Gasteiger partial charge is 0.284 e. The van der Waals surface area contributed by atoms with Gasteiger partial charge in [-0.05, 0) is 11.6 Å². The Morgan fingerprint density at radius 1 is 1.29 bits per heavy atom. The van der Waals surface area contributed by atoms with Gasteiger partial charge in [0.25, 0.3) is 5.91 Å². The second kappa shape index (κ2) is 4.84. The van der Waals surface area contributed by atoms with Crippen molar-refractivity contribution in [2.24, 2.45) is 5.73 Å². The summed E-state index contributed by atoms with van der Waals surface area (Å²) >= 11 is 0. The Balaban J connectivity index is 2.16. The first-order valence-corrected chi connectivity index (χ1v) is 5.27. The fourth-order valence-electron chi connectivity index (χ4n) is 1.71. The highest BCUT2D eigenvalue weighted by Gasteiger charge is 2.16. The van der Waals surface area contributed by atoms with Crippen molar-refractivity contribution in [2.45, 2.75) is 12.5 Å². The average Bonchev–Trinajstić information content (AvgIpc) is 2.78. The predicted molar refractivity (Wildman–Crippen MR) is 62.3 cm³/mol. The number of benzene rings is 1. The van der Waals surface area contributed by atoms with E-state index in [9.17, 15) is 9.90 Å². The summed E-state index contributed by atoms with van der Waals surface area (Å²) in [5.41, 5.74) is 6.57. The lowest BCUT2D eigenvalue weighted by atomic mass is 10.0. The minimum absolute atomic E-state index is 0.111. The van der Waals surface area contributed by atoms with Crippen molar-refractivity contribution in [1.29, 1.82) is 0 Å². The first-order valence-electron chi connectivity index (χ1n) is 5.27. The number of carbonyl (C=O) groups excluding carboxylic acids is 1. The molecule has 1 unspecified atom stereocenters. The molecule has 0 saturated carbocycles. The zero-order chi connectivity index (χ0) is 12.3. The first-order chi connectivity index (χ1) is 8.18. The molecule has 88 valence electrons. The Morgan fingerprint density at radius 2 is 2.00 bits per heavy atom. The minimum Gasteiger partial charge on any atom is -0.459 e. The van der Waals surface area contributed by atoms with Gasteiger partial charge in [0.2, 0.25) is 0 Å². The maximum absolute atomic E-state index is 11.0. The lowest BCUT2D eigenvalue weighted by Gasteiger charge is -2.09. The number of carbonyl (C=O) groups is 1. The molecule has 0 spiro atoms. The molecule has 1 heterocycles. The van der Waals surface area contributed by atoms with Crippen molar-refractivity contribution in [3.63, 3.8) is 0 Å². The van der Waals surface area contributed by atoms with Crippen LogP contribution < -0.4 is 5.73 Å². The molecule has 0 saturated heterocycles. The lowest BCUT2D eigenvalue weighted by Crippen LogP contribution is -2.13. The molecule has 1 amide bonds. The molecule has 1 aromatic carbocycles. The third-order valence-electron chi connectivity index (χ3n) is 2.57. The third kappa shape index (κ3) is 2.54. The second-order valence-electron chi connectivity index (χ2n) is 3.77. The number of aliphatic hydroxyl groups is 1. The number of furan rings is 1. The van der Waals surface area contributed by atoms with E-state index in [1.165, 1.54) is 6.26 Å².